The minimum Gasteiger partial charge on any atom is -0.487 e. The molecule has 0 spiro atoms. The number of ether oxygens (including phenoxy) is 2. The highest BCUT2D eigenvalue weighted by atomic mass is 16.5. The second-order valence-electron chi connectivity index (χ2n) is 8.08. The van der Waals surface area contributed by atoms with E-state index in [0.717, 1.165) is 54.1 Å². The van der Waals surface area contributed by atoms with Gasteiger partial charge >= 0.3 is 5.97 Å². The number of carbonyl (C=O) groups excluding carboxylic acids is 1. The van der Waals surface area contributed by atoms with Gasteiger partial charge in [0.15, 0.2) is 0 Å². The molecule has 32 heavy (non-hydrogen) atoms. The fourth-order valence-electron chi connectivity index (χ4n) is 4.35. The third-order valence-electron chi connectivity index (χ3n) is 6.07. The zero-order valence-corrected chi connectivity index (χ0v) is 19.0. The molecular formula is C26H30N2O4. The molecule has 6 nitrogen and oxygen atoms in total. The summed E-state index contributed by atoms with van der Waals surface area (Å²) in [7, 11) is 1.46. The predicted octanol–water partition coefficient (Wildman–Crippen LogP) is 4.93. The summed E-state index contributed by atoms with van der Waals surface area (Å²) < 4.78 is 17.1. The molecule has 0 radical (unpaired) electrons. The van der Waals surface area contributed by atoms with Crippen LogP contribution < -0.4 is 4.74 Å². The molecule has 0 aliphatic carbocycles. The highest BCUT2D eigenvalue weighted by Crippen LogP contribution is 2.29. The average Bonchev–Trinajstić information content (AvgIpc) is 3.44. The van der Waals surface area contributed by atoms with Gasteiger partial charge in [-0.05, 0) is 62.1 Å². The van der Waals surface area contributed by atoms with E-state index < -0.39 is 0 Å². The standard InChI is InChI=1S/C26H30N2O4/c1-4-21-20(16-28-15-9-13-23(28)26(29)30-3)12-8-14-24(21)31-17-22-18(2)32-25(27-22)19-10-6-5-7-11-19/h5-8,10-12,14,23H,4,9,13,15-17H2,1-3H3. The third-order valence-corrected chi connectivity index (χ3v) is 6.07. The van der Waals surface area contributed by atoms with Crippen molar-refractivity contribution in [2.45, 2.75) is 52.3 Å². The Morgan fingerprint density at radius 3 is 2.75 bits per heavy atom. The van der Waals surface area contributed by atoms with Gasteiger partial charge in [0.05, 0.1) is 7.11 Å². The number of esters is 1. The Morgan fingerprint density at radius 2 is 2.00 bits per heavy atom. The summed E-state index contributed by atoms with van der Waals surface area (Å²) in [6.45, 7) is 5.99. The Labute approximate surface area is 189 Å². The molecule has 1 atom stereocenters. The van der Waals surface area contributed by atoms with Crippen molar-refractivity contribution in [3.8, 4) is 17.2 Å². The van der Waals surface area contributed by atoms with Gasteiger partial charge in [-0.2, -0.15) is 0 Å². The van der Waals surface area contributed by atoms with Crippen molar-refractivity contribution in [3.05, 3.63) is 71.1 Å². The third kappa shape index (κ3) is 4.70. The van der Waals surface area contributed by atoms with Crippen LogP contribution in [0.5, 0.6) is 5.75 Å². The summed E-state index contributed by atoms with van der Waals surface area (Å²) in [5.41, 5.74) is 4.08. The first kappa shape index (κ1) is 22.1. The number of oxazole rings is 1. The maximum atomic E-state index is 12.1. The van der Waals surface area contributed by atoms with Gasteiger partial charge in [-0.1, -0.05) is 37.3 Å². The SMILES string of the molecule is CCc1c(CN2CCCC2C(=O)OC)cccc1OCc1nc(-c2ccccc2)oc1C. The molecular weight excluding hydrogens is 404 g/mol. The van der Waals surface area contributed by atoms with Crippen molar-refractivity contribution in [3.63, 3.8) is 0 Å². The van der Waals surface area contributed by atoms with Gasteiger partial charge in [-0.25, -0.2) is 4.98 Å². The molecule has 4 rings (SSSR count). The van der Waals surface area contributed by atoms with Crippen molar-refractivity contribution >= 4 is 5.97 Å². The van der Waals surface area contributed by atoms with E-state index in [4.69, 9.17) is 13.9 Å². The number of rotatable bonds is 8. The van der Waals surface area contributed by atoms with Crippen LogP contribution in [-0.4, -0.2) is 35.5 Å². The predicted molar refractivity (Wildman–Crippen MR) is 122 cm³/mol. The van der Waals surface area contributed by atoms with Crippen LogP contribution in [0.1, 0.15) is 42.3 Å². The molecule has 1 fully saturated rings. The van der Waals surface area contributed by atoms with E-state index in [1.807, 2.05) is 49.4 Å². The number of likely N-dealkylation sites (tertiary alicyclic amines) is 1. The van der Waals surface area contributed by atoms with Gasteiger partial charge in [0, 0.05) is 12.1 Å². The maximum Gasteiger partial charge on any atom is 0.323 e. The number of aryl methyl sites for hydroxylation is 1. The highest BCUT2D eigenvalue weighted by Gasteiger charge is 2.31. The lowest BCUT2D eigenvalue weighted by molar-refractivity contribution is -0.146. The molecule has 0 N–H and O–H groups in total. The molecule has 1 saturated heterocycles. The molecule has 2 heterocycles. The number of hydrogen-bond acceptors (Lipinski definition) is 6. The Balaban J connectivity index is 1.49. The van der Waals surface area contributed by atoms with Crippen LogP contribution in [-0.2, 0) is 29.1 Å². The van der Waals surface area contributed by atoms with E-state index in [2.05, 4.69) is 22.9 Å². The van der Waals surface area contributed by atoms with Gasteiger partial charge < -0.3 is 13.9 Å². The Bertz CT molecular complexity index is 1060. The van der Waals surface area contributed by atoms with Crippen molar-refractivity contribution in [1.82, 2.24) is 9.88 Å². The number of carbonyl (C=O) groups is 1. The van der Waals surface area contributed by atoms with Crippen LogP contribution in [0.3, 0.4) is 0 Å². The van der Waals surface area contributed by atoms with Gasteiger partial charge in [-0.3, -0.25) is 9.69 Å². The van der Waals surface area contributed by atoms with Gasteiger partial charge in [0.2, 0.25) is 5.89 Å². The molecule has 168 valence electrons. The lowest BCUT2D eigenvalue weighted by Gasteiger charge is -2.24. The molecule has 6 heteroatoms. The molecule has 1 aromatic heterocycles. The molecule has 3 aromatic rings. The summed E-state index contributed by atoms with van der Waals surface area (Å²) in [5, 5.41) is 0. The molecule has 1 aliphatic rings. The summed E-state index contributed by atoms with van der Waals surface area (Å²) in [4.78, 5) is 19.0. The van der Waals surface area contributed by atoms with E-state index in [9.17, 15) is 4.79 Å². The van der Waals surface area contributed by atoms with Crippen molar-refractivity contribution in [2.75, 3.05) is 13.7 Å². The van der Waals surface area contributed by atoms with E-state index in [1.54, 1.807) is 0 Å². The van der Waals surface area contributed by atoms with E-state index >= 15 is 0 Å². The zero-order valence-electron chi connectivity index (χ0n) is 19.0. The quantitative estimate of drug-likeness (QED) is 0.469. The number of methoxy groups -OCH3 is 1. The summed E-state index contributed by atoms with van der Waals surface area (Å²) in [5.74, 6) is 2.07. The fraction of sp³-hybridized carbons (Fsp3) is 0.385. The molecule has 2 aromatic carbocycles. The number of hydrogen-bond donors (Lipinski definition) is 0. The molecule has 0 saturated carbocycles. The lowest BCUT2D eigenvalue weighted by atomic mass is 10.0. The van der Waals surface area contributed by atoms with Crippen LogP contribution in [0.4, 0.5) is 0 Å². The van der Waals surface area contributed by atoms with Crippen LogP contribution in [0, 0.1) is 6.92 Å². The van der Waals surface area contributed by atoms with Gasteiger partial charge in [0.1, 0.15) is 29.9 Å². The normalized spacial score (nSPS) is 16.3. The Hall–Kier alpha value is -3.12. The summed E-state index contributed by atoms with van der Waals surface area (Å²) in [6.07, 6.45) is 2.70. The molecule has 0 bridgehead atoms. The zero-order chi connectivity index (χ0) is 22.5. The van der Waals surface area contributed by atoms with Gasteiger partial charge in [-0.15, -0.1) is 0 Å². The minimum absolute atomic E-state index is 0.149. The van der Waals surface area contributed by atoms with E-state index in [1.165, 1.54) is 12.7 Å². The second kappa shape index (κ2) is 10.0. The van der Waals surface area contributed by atoms with Crippen LogP contribution in [0.15, 0.2) is 52.9 Å². The first-order valence-electron chi connectivity index (χ1n) is 11.2. The van der Waals surface area contributed by atoms with Crippen molar-refractivity contribution < 1.29 is 18.7 Å². The van der Waals surface area contributed by atoms with Crippen molar-refractivity contribution in [1.29, 1.82) is 0 Å². The summed E-state index contributed by atoms with van der Waals surface area (Å²) >= 11 is 0. The average molecular weight is 435 g/mol. The highest BCUT2D eigenvalue weighted by molar-refractivity contribution is 5.76. The smallest absolute Gasteiger partial charge is 0.323 e. The van der Waals surface area contributed by atoms with Gasteiger partial charge in [0.25, 0.3) is 0 Å². The second-order valence-corrected chi connectivity index (χ2v) is 8.08. The van der Waals surface area contributed by atoms with Crippen LogP contribution in [0.2, 0.25) is 0 Å². The Kier molecular flexibility index (Phi) is 6.90. The first-order chi connectivity index (χ1) is 15.6. The maximum absolute atomic E-state index is 12.1. The van der Waals surface area contributed by atoms with E-state index in [-0.39, 0.29) is 12.0 Å². The van der Waals surface area contributed by atoms with Crippen LogP contribution >= 0.6 is 0 Å². The minimum atomic E-state index is -0.163. The topological polar surface area (TPSA) is 64.8 Å². The lowest BCUT2D eigenvalue weighted by Crippen LogP contribution is -2.36. The largest absolute Gasteiger partial charge is 0.487 e. The fourth-order valence-corrected chi connectivity index (χ4v) is 4.35. The summed E-state index contributed by atoms with van der Waals surface area (Å²) in [6, 6.07) is 15.8. The first-order valence-corrected chi connectivity index (χ1v) is 11.2. The Morgan fingerprint density at radius 1 is 1.19 bits per heavy atom. The van der Waals surface area contributed by atoms with E-state index in [0.29, 0.717) is 19.0 Å². The van der Waals surface area contributed by atoms with Crippen LogP contribution in [0.25, 0.3) is 11.5 Å². The number of nitrogens with zero attached hydrogens (tertiary/aromatic N) is 2. The monoisotopic (exact) mass is 434 g/mol. The molecule has 0 amide bonds. The molecule has 1 aliphatic heterocycles. The van der Waals surface area contributed by atoms with Crippen molar-refractivity contribution in [2.24, 2.45) is 0 Å². The molecule has 1 unspecified atom stereocenters. The number of benzene rings is 2. The number of aromatic nitrogens is 1.